The Morgan fingerprint density at radius 2 is 1.82 bits per heavy atom. The lowest BCUT2D eigenvalue weighted by Crippen LogP contribution is -2.41. The van der Waals surface area contributed by atoms with E-state index < -0.39 is 0 Å². The van der Waals surface area contributed by atoms with E-state index in [1.807, 2.05) is 12.1 Å². The summed E-state index contributed by atoms with van der Waals surface area (Å²) < 4.78 is 12.2. The van der Waals surface area contributed by atoms with Gasteiger partial charge in [0, 0.05) is 5.92 Å². The molecule has 5 heteroatoms. The molecule has 1 aromatic carbocycles. The fraction of sp³-hybridized carbons (Fsp3) is 0.588. The molecular formula is C17H25BN2O2. The molecule has 22 heavy (non-hydrogen) atoms. The number of hydrogen-bond donors (Lipinski definition) is 1. The molecule has 0 saturated carbocycles. The summed E-state index contributed by atoms with van der Waals surface area (Å²) in [6, 6.07) is 6.18. The molecule has 1 unspecified atom stereocenters. The summed E-state index contributed by atoms with van der Waals surface area (Å²) in [6.45, 7) is 12.7. The molecule has 1 atom stereocenters. The highest BCUT2D eigenvalue weighted by Crippen LogP contribution is 2.36. The van der Waals surface area contributed by atoms with E-state index in [0.717, 1.165) is 28.7 Å². The van der Waals surface area contributed by atoms with Crippen LogP contribution in [0, 0.1) is 0 Å². The summed E-state index contributed by atoms with van der Waals surface area (Å²) in [5.41, 5.74) is 2.44. The van der Waals surface area contributed by atoms with Crippen LogP contribution < -0.4 is 5.46 Å². The molecule has 0 radical (unpaired) electrons. The highest BCUT2D eigenvalue weighted by atomic mass is 16.7. The van der Waals surface area contributed by atoms with E-state index in [4.69, 9.17) is 9.31 Å². The first kappa shape index (κ1) is 15.6. The van der Waals surface area contributed by atoms with E-state index in [-0.39, 0.29) is 18.3 Å². The number of imidazole rings is 1. The van der Waals surface area contributed by atoms with Gasteiger partial charge in [-0.2, -0.15) is 0 Å². The van der Waals surface area contributed by atoms with Gasteiger partial charge in [-0.05, 0) is 51.7 Å². The first-order valence-electron chi connectivity index (χ1n) is 8.08. The Balaban J connectivity index is 1.93. The summed E-state index contributed by atoms with van der Waals surface area (Å²) in [4.78, 5) is 8.10. The lowest BCUT2D eigenvalue weighted by atomic mass is 9.79. The highest BCUT2D eigenvalue weighted by molar-refractivity contribution is 6.62. The second-order valence-electron chi connectivity index (χ2n) is 7.30. The smallest absolute Gasteiger partial charge is 0.399 e. The normalized spacial score (nSPS) is 21.5. The Morgan fingerprint density at radius 3 is 2.41 bits per heavy atom. The molecule has 3 rings (SSSR count). The number of hydrogen-bond acceptors (Lipinski definition) is 3. The van der Waals surface area contributed by atoms with Gasteiger partial charge < -0.3 is 14.3 Å². The van der Waals surface area contributed by atoms with Gasteiger partial charge >= 0.3 is 7.12 Å². The number of rotatable bonds is 3. The van der Waals surface area contributed by atoms with Crippen LogP contribution in [0.5, 0.6) is 0 Å². The standard InChI is InChI=1S/C17H25BN2O2/c1-7-11(2)15-19-13-9-8-12(10-14(13)20-15)18-21-16(3,4)17(5,6)22-18/h8-11H,7H2,1-6H3,(H,19,20). The first-order valence-corrected chi connectivity index (χ1v) is 8.08. The van der Waals surface area contributed by atoms with Crippen LogP contribution >= 0.6 is 0 Å². The van der Waals surface area contributed by atoms with Crippen molar-refractivity contribution in [3.8, 4) is 0 Å². The van der Waals surface area contributed by atoms with Crippen LogP contribution in [-0.2, 0) is 9.31 Å². The largest absolute Gasteiger partial charge is 0.494 e. The van der Waals surface area contributed by atoms with E-state index in [1.165, 1.54) is 0 Å². The van der Waals surface area contributed by atoms with Gasteiger partial charge in [0.2, 0.25) is 0 Å². The summed E-state index contributed by atoms with van der Waals surface area (Å²) >= 11 is 0. The molecule has 1 saturated heterocycles. The number of H-pyrrole nitrogens is 1. The van der Waals surface area contributed by atoms with Gasteiger partial charge in [0.1, 0.15) is 5.82 Å². The predicted molar refractivity (Wildman–Crippen MR) is 90.5 cm³/mol. The van der Waals surface area contributed by atoms with Crippen molar-refractivity contribution < 1.29 is 9.31 Å². The first-order chi connectivity index (χ1) is 10.2. The van der Waals surface area contributed by atoms with Gasteiger partial charge in [0.05, 0.1) is 22.2 Å². The van der Waals surface area contributed by atoms with Gasteiger partial charge in [0.15, 0.2) is 0 Å². The monoisotopic (exact) mass is 300 g/mol. The number of nitrogens with zero attached hydrogens (tertiary/aromatic N) is 1. The zero-order valence-corrected chi connectivity index (χ0v) is 14.4. The molecule has 1 fully saturated rings. The van der Waals surface area contributed by atoms with Crippen molar-refractivity contribution in [1.29, 1.82) is 0 Å². The SMILES string of the molecule is CCC(C)c1nc2ccc(B3OC(C)(C)C(C)(C)O3)cc2[nH]1. The Morgan fingerprint density at radius 1 is 1.18 bits per heavy atom. The van der Waals surface area contributed by atoms with Gasteiger partial charge in [-0.3, -0.25) is 0 Å². The van der Waals surface area contributed by atoms with Crippen LogP contribution in [0.25, 0.3) is 11.0 Å². The quantitative estimate of drug-likeness (QED) is 0.884. The summed E-state index contributed by atoms with van der Waals surface area (Å²) in [5, 5.41) is 0. The number of aromatic amines is 1. The number of fused-ring (bicyclic) bond motifs is 1. The van der Waals surface area contributed by atoms with Crippen molar-refractivity contribution in [2.24, 2.45) is 0 Å². The second kappa shape index (κ2) is 5.10. The van der Waals surface area contributed by atoms with Crippen molar-refractivity contribution in [3.05, 3.63) is 24.0 Å². The van der Waals surface area contributed by atoms with Crippen LogP contribution in [0.4, 0.5) is 0 Å². The maximum atomic E-state index is 6.12. The van der Waals surface area contributed by atoms with Crippen LogP contribution in [0.3, 0.4) is 0 Å². The lowest BCUT2D eigenvalue weighted by molar-refractivity contribution is 0.00578. The van der Waals surface area contributed by atoms with E-state index in [2.05, 4.69) is 57.6 Å². The molecule has 2 heterocycles. The van der Waals surface area contributed by atoms with E-state index in [9.17, 15) is 0 Å². The topological polar surface area (TPSA) is 47.1 Å². The van der Waals surface area contributed by atoms with Crippen molar-refractivity contribution >= 4 is 23.6 Å². The summed E-state index contributed by atoms with van der Waals surface area (Å²) in [6.07, 6.45) is 1.07. The molecule has 1 aliphatic heterocycles. The van der Waals surface area contributed by atoms with Crippen molar-refractivity contribution in [2.75, 3.05) is 0 Å². The van der Waals surface area contributed by atoms with Crippen molar-refractivity contribution in [1.82, 2.24) is 9.97 Å². The molecule has 0 bridgehead atoms. The lowest BCUT2D eigenvalue weighted by Gasteiger charge is -2.32. The second-order valence-corrected chi connectivity index (χ2v) is 7.30. The van der Waals surface area contributed by atoms with Gasteiger partial charge in [-0.25, -0.2) is 4.98 Å². The minimum atomic E-state index is -0.329. The number of nitrogens with one attached hydrogen (secondary N) is 1. The molecular weight excluding hydrogens is 275 g/mol. The fourth-order valence-corrected chi connectivity index (χ4v) is 2.60. The zero-order chi connectivity index (χ0) is 16.1. The summed E-state index contributed by atoms with van der Waals surface area (Å²) in [7, 11) is -0.329. The fourth-order valence-electron chi connectivity index (χ4n) is 2.60. The van der Waals surface area contributed by atoms with Crippen LogP contribution in [0.2, 0.25) is 0 Å². The van der Waals surface area contributed by atoms with Crippen LogP contribution in [0.1, 0.15) is 59.7 Å². The third-order valence-electron chi connectivity index (χ3n) is 5.13. The zero-order valence-electron chi connectivity index (χ0n) is 14.4. The maximum absolute atomic E-state index is 6.12. The predicted octanol–water partition coefficient (Wildman–Crippen LogP) is 3.38. The van der Waals surface area contributed by atoms with Crippen LogP contribution in [-0.4, -0.2) is 28.3 Å². The Hall–Kier alpha value is -1.33. The molecule has 4 nitrogen and oxygen atoms in total. The summed E-state index contributed by atoms with van der Waals surface area (Å²) in [5.74, 6) is 1.48. The third-order valence-corrected chi connectivity index (χ3v) is 5.13. The van der Waals surface area contributed by atoms with Crippen molar-refractivity contribution in [3.63, 3.8) is 0 Å². The van der Waals surface area contributed by atoms with Crippen LogP contribution in [0.15, 0.2) is 18.2 Å². The Kier molecular flexibility index (Phi) is 3.61. The van der Waals surface area contributed by atoms with Crippen molar-refractivity contribution in [2.45, 2.75) is 65.1 Å². The molecule has 0 amide bonds. The van der Waals surface area contributed by atoms with E-state index in [1.54, 1.807) is 0 Å². The number of aromatic nitrogens is 2. The van der Waals surface area contributed by atoms with Gasteiger partial charge in [-0.15, -0.1) is 0 Å². The average Bonchev–Trinajstić information content (AvgIpc) is 2.96. The Bertz CT molecular complexity index is 677. The minimum absolute atomic E-state index is 0.317. The average molecular weight is 300 g/mol. The molecule has 1 aliphatic rings. The molecule has 118 valence electrons. The third kappa shape index (κ3) is 2.46. The Labute approximate surface area is 132 Å². The minimum Gasteiger partial charge on any atom is -0.399 e. The van der Waals surface area contributed by atoms with E-state index >= 15 is 0 Å². The molecule has 2 aromatic rings. The van der Waals surface area contributed by atoms with Gasteiger partial charge in [-0.1, -0.05) is 19.9 Å². The molecule has 0 aliphatic carbocycles. The van der Waals surface area contributed by atoms with E-state index in [0.29, 0.717) is 5.92 Å². The molecule has 0 spiro atoms. The molecule has 1 N–H and O–H groups in total. The van der Waals surface area contributed by atoms with Gasteiger partial charge in [0.25, 0.3) is 0 Å². The highest BCUT2D eigenvalue weighted by Gasteiger charge is 2.51. The maximum Gasteiger partial charge on any atom is 0.494 e. The number of benzene rings is 1. The molecule has 1 aromatic heterocycles.